The number of benzene rings is 2. The topological polar surface area (TPSA) is 87.9 Å². The summed E-state index contributed by atoms with van der Waals surface area (Å²) in [4.78, 5) is 21.8. The lowest BCUT2D eigenvalue weighted by Crippen LogP contribution is -2.24. The van der Waals surface area contributed by atoms with E-state index >= 15 is 0 Å². The SMILES string of the molecule is COC(=O)C(C)Oc1ccc(Oc2c(Cl)cccc2[N+](=O)[O-])cc1. The maximum Gasteiger partial charge on any atom is 0.346 e. The summed E-state index contributed by atoms with van der Waals surface area (Å²) >= 11 is 5.97. The zero-order chi connectivity index (χ0) is 17.7. The minimum Gasteiger partial charge on any atom is -0.479 e. The Balaban J connectivity index is 2.16. The third-order valence-electron chi connectivity index (χ3n) is 3.03. The molecule has 7 nitrogen and oxygen atoms in total. The van der Waals surface area contributed by atoms with Gasteiger partial charge in [-0.3, -0.25) is 10.1 Å². The lowest BCUT2D eigenvalue weighted by atomic mass is 10.3. The highest BCUT2D eigenvalue weighted by atomic mass is 35.5. The molecule has 1 unspecified atom stereocenters. The molecule has 0 amide bonds. The number of rotatable bonds is 6. The maximum atomic E-state index is 11.3. The molecule has 1 atom stereocenters. The molecule has 0 N–H and O–H groups in total. The lowest BCUT2D eigenvalue weighted by Gasteiger charge is -2.13. The first kappa shape index (κ1) is 17.6. The number of esters is 1. The molecule has 0 aromatic heterocycles. The molecule has 0 fully saturated rings. The summed E-state index contributed by atoms with van der Waals surface area (Å²) < 4.78 is 15.5. The number of ether oxygens (including phenoxy) is 3. The third-order valence-corrected chi connectivity index (χ3v) is 3.33. The van der Waals surface area contributed by atoms with Crippen LogP contribution in [0.3, 0.4) is 0 Å². The van der Waals surface area contributed by atoms with E-state index in [0.29, 0.717) is 11.5 Å². The smallest absolute Gasteiger partial charge is 0.346 e. The van der Waals surface area contributed by atoms with E-state index in [0.717, 1.165) is 0 Å². The first-order valence-electron chi connectivity index (χ1n) is 6.87. The Morgan fingerprint density at radius 2 is 1.79 bits per heavy atom. The molecular weight excluding hydrogens is 338 g/mol. The van der Waals surface area contributed by atoms with Crippen LogP contribution in [-0.2, 0) is 9.53 Å². The highest BCUT2D eigenvalue weighted by molar-refractivity contribution is 6.32. The Hall–Kier alpha value is -2.80. The average molecular weight is 352 g/mol. The van der Waals surface area contributed by atoms with Crippen molar-refractivity contribution >= 4 is 23.3 Å². The Bertz CT molecular complexity index is 747. The minimum atomic E-state index is -0.758. The van der Waals surface area contributed by atoms with Gasteiger partial charge in [-0.2, -0.15) is 0 Å². The molecule has 0 radical (unpaired) electrons. The molecule has 2 aromatic rings. The zero-order valence-corrected chi connectivity index (χ0v) is 13.6. The van der Waals surface area contributed by atoms with E-state index in [1.807, 2.05) is 0 Å². The van der Waals surface area contributed by atoms with Crippen LogP contribution in [0.15, 0.2) is 42.5 Å². The Labute approximate surface area is 142 Å². The second kappa shape index (κ2) is 7.65. The van der Waals surface area contributed by atoms with E-state index < -0.39 is 17.0 Å². The maximum absolute atomic E-state index is 11.3. The molecule has 0 saturated heterocycles. The van der Waals surface area contributed by atoms with Crippen LogP contribution in [0.25, 0.3) is 0 Å². The molecule has 24 heavy (non-hydrogen) atoms. The number of carbonyl (C=O) groups excluding carboxylic acids is 1. The van der Waals surface area contributed by atoms with E-state index in [1.165, 1.54) is 25.3 Å². The van der Waals surface area contributed by atoms with Gasteiger partial charge in [0.2, 0.25) is 5.75 Å². The van der Waals surface area contributed by atoms with Crippen molar-refractivity contribution in [1.29, 1.82) is 0 Å². The van der Waals surface area contributed by atoms with Crippen molar-refractivity contribution in [3.05, 3.63) is 57.6 Å². The largest absolute Gasteiger partial charge is 0.479 e. The monoisotopic (exact) mass is 351 g/mol. The van der Waals surface area contributed by atoms with Crippen molar-refractivity contribution < 1.29 is 23.9 Å². The van der Waals surface area contributed by atoms with E-state index in [1.54, 1.807) is 31.2 Å². The molecule has 0 saturated carbocycles. The van der Waals surface area contributed by atoms with Gasteiger partial charge in [0.1, 0.15) is 11.5 Å². The molecule has 0 bridgehead atoms. The van der Waals surface area contributed by atoms with Crippen molar-refractivity contribution in [2.24, 2.45) is 0 Å². The van der Waals surface area contributed by atoms with Crippen LogP contribution in [-0.4, -0.2) is 24.1 Å². The second-order valence-electron chi connectivity index (χ2n) is 4.70. The van der Waals surface area contributed by atoms with Gasteiger partial charge in [0, 0.05) is 6.07 Å². The zero-order valence-electron chi connectivity index (χ0n) is 12.9. The summed E-state index contributed by atoms with van der Waals surface area (Å²) in [6.07, 6.45) is -0.758. The van der Waals surface area contributed by atoms with Crippen LogP contribution >= 0.6 is 11.6 Å². The molecule has 0 spiro atoms. The van der Waals surface area contributed by atoms with Crippen LogP contribution in [0.5, 0.6) is 17.2 Å². The summed E-state index contributed by atoms with van der Waals surface area (Å²) in [6, 6.07) is 10.5. The van der Waals surface area contributed by atoms with Crippen molar-refractivity contribution in [2.75, 3.05) is 7.11 Å². The molecule has 0 heterocycles. The van der Waals surface area contributed by atoms with Gasteiger partial charge in [-0.15, -0.1) is 0 Å². The van der Waals surface area contributed by atoms with Gasteiger partial charge in [0.25, 0.3) is 0 Å². The quantitative estimate of drug-likeness (QED) is 0.444. The van der Waals surface area contributed by atoms with Crippen LogP contribution in [0.1, 0.15) is 6.92 Å². The summed E-state index contributed by atoms with van der Waals surface area (Å²) in [5, 5.41) is 11.2. The number of hydrogen-bond acceptors (Lipinski definition) is 6. The van der Waals surface area contributed by atoms with Crippen LogP contribution in [0.2, 0.25) is 5.02 Å². The lowest BCUT2D eigenvalue weighted by molar-refractivity contribution is -0.385. The fraction of sp³-hybridized carbons (Fsp3) is 0.188. The standard InChI is InChI=1S/C16H14ClNO6/c1-10(16(19)22-2)23-11-6-8-12(9-7-11)24-15-13(17)4-3-5-14(15)18(20)21/h3-10H,1-2H3. The highest BCUT2D eigenvalue weighted by Crippen LogP contribution is 2.38. The first-order chi connectivity index (χ1) is 11.4. The molecule has 0 aliphatic heterocycles. The predicted molar refractivity (Wildman–Crippen MR) is 86.7 cm³/mol. The van der Waals surface area contributed by atoms with Gasteiger partial charge < -0.3 is 14.2 Å². The Morgan fingerprint density at radius 1 is 1.17 bits per heavy atom. The number of hydrogen-bond donors (Lipinski definition) is 0. The first-order valence-corrected chi connectivity index (χ1v) is 7.25. The molecule has 126 valence electrons. The molecule has 0 aliphatic rings. The van der Waals surface area contributed by atoms with Crippen LogP contribution in [0, 0.1) is 10.1 Å². The van der Waals surface area contributed by atoms with Gasteiger partial charge in [0.05, 0.1) is 17.1 Å². The predicted octanol–water partition coefficient (Wildman–Crippen LogP) is 3.98. The Kier molecular flexibility index (Phi) is 5.59. The average Bonchev–Trinajstić information content (AvgIpc) is 2.57. The number of carbonyl (C=O) groups is 1. The van der Waals surface area contributed by atoms with E-state index in [-0.39, 0.29) is 16.5 Å². The third kappa shape index (κ3) is 4.14. The number of nitrogens with zero attached hydrogens (tertiary/aromatic N) is 1. The van der Waals surface area contributed by atoms with Gasteiger partial charge in [-0.25, -0.2) is 4.79 Å². The fourth-order valence-corrected chi connectivity index (χ4v) is 2.07. The normalized spacial score (nSPS) is 11.5. The van der Waals surface area contributed by atoms with Gasteiger partial charge in [0.15, 0.2) is 6.10 Å². The van der Waals surface area contributed by atoms with Crippen LogP contribution in [0.4, 0.5) is 5.69 Å². The number of para-hydroxylation sites is 1. The van der Waals surface area contributed by atoms with Crippen LogP contribution < -0.4 is 9.47 Å². The number of methoxy groups -OCH3 is 1. The number of halogens is 1. The van der Waals surface area contributed by atoms with Gasteiger partial charge in [-0.1, -0.05) is 17.7 Å². The molecule has 2 rings (SSSR count). The molecular formula is C16H14ClNO6. The fourth-order valence-electron chi connectivity index (χ4n) is 1.86. The highest BCUT2D eigenvalue weighted by Gasteiger charge is 2.19. The molecule has 0 aliphatic carbocycles. The van der Waals surface area contributed by atoms with Crippen molar-refractivity contribution in [2.45, 2.75) is 13.0 Å². The molecule has 2 aromatic carbocycles. The summed E-state index contributed by atoms with van der Waals surface area (Å²) in [5.41, 5.74) is -0.234. The Morgan fingerprint density at radius 3 is 2.38 bits per heavy atom. The van der Waals surface area contributed by atoms with Gasteiger partial charge in [-0.05, 0) is 37.3 Å². The minimum absolute atomic E-state index is 0.0410. The van der Waals surface area contributed by atoms with Crippen molar-refractivity contribution in [1.82, 2.24) is 0 Å². The summed E-state index contributed by atoms with van der Waals surface area (Å²) in [6.45, 7) is 1.56. The van der Waals surface area contributed by atoms with Gasteiger partial charge >= 0.3 is 11.7 Å². The van der Waals surface area contributed by atoms with E-state index in [4.69, 9.17) is 21.1 Å². The number of nitro groups is 1. The summed E-state index contributed by atoms with van der Waals surface area (Å²) in [7, 11) is 1.27. The second-order valence-corrected chi connectivity index (χ2v) is 5.11. The summed E-state index contributed by atoms with van der Waals surface area (Å²) in [5.74, 6) is 0.223. The molecule has 8 heteroatoms. The van der Waals surface area contributed by atoms with E-state index in [2.05, 4.69) is 4.74 Å². The van der Waals surface area contributed by atoms with Crippen molar-refractivity contribution in [3.63, 3.8) is 0 Å². The number of nitro benzene ring substituents is 1. The van der Waals surface area contributed by atoms with Crippen molar-refractivity contribution in [3.8, 4) is 17.2 Å². The van der Waals surface area contributed by atoms with E-state index in [9.17, 15) is 14.9 Å².